The maximum Gasteiger partial charge on any atom is 0.155 e. The van der Waals surface area contributed by atoms with Crippen molar-refractivity contribution >= 4 is 0 Å². The van der Waals surface area contributed by atoms with E-state index in [1.807, 2.05) is 13.0 Å². The Bertz CT molecular complexity index is 507. The molecule has 4 heteroatoms. The Morgan fingerprint density at radius 2 is 2.22 bits per heavy atom. The van der Waals surface area contributed by atoms with Crippen LogP contribution >= 0.6 is 0 Å². The molecule has 1 N–H and O–H groups in total. The van der Waals surface area contributed by atoms with E-state index >= 15 is 0 Å². The van der Waals surface area contributed by atoms with Gasteiger partial charge in [-0.15, -0.1) is 0 Å². The lowest BCUT2D eigenvalue weighted by Crippen LogP contribution is -2.10. The highest BCUT2D eigenvalue weighted by atomic mass is 16.3. The fourth-order valence-electron chi connectivity index (χ4n) is 2.07. The highest BCUT2D eigenvalue weighted by molar-refractivity contribution is 5.22. The largest absolute Gasteiger partial charge is 0.385 e. The number of aromatic nitrogens is 3. The lowest BCUT2D eigenvalue weighted by molar-refractivity contribution is 0.152. The monoisotopic (exact) mass is 245 g/mol. The number of hydrogen-bond acceptors (Lipinski definition) is 3. The Balaban J connectivity index is 1.98. The van der Waals surface area contributed by atoms with E-state index in [0.717, 1.165) is 13.0 Å². The summed E-state index contributed by atoms with van der Waals surface area (Å²) in [5.41, 5.74) is 2.50. The first kappa shape index (κ1) is 12.8. The number of benzene rings is 1. The van der Waals surface area contributed by atoms with E-state index < -0.39 is 6.10 Å². The average molecular weight is 245 g/mol. The summed E-state index contributed by atoms with van der Waals surface area (Å²) in [6.07, 6.45) is 2.46. The van der Waals surface area contributed by atoms with Gasteiger partial charge in [0.15, 0.2) is 5.82 Å². The Hall–Kier alpha value is -1.68. The molecule has 1 heterocycles. The molecule has 0 aliphatic carbocycles. The molecule has 0 saturated carbocycles. The fraction of sp³-hybridized carbons (Fsp3) is 0.429. The van der Waals surface area contributed by atoms with Gasteiger partial charge in [-0.25, -0.2) is 9.67 Å². The van der Waals surface area contributed by atoms with Crippen LogP contribution in [0.2, 0.25) is 0 Å². The molecule has 0 fully saturated rings. The minimum atomic E-state index is -0.548. The van der Waals surface area contributed by atoms with Gasteiger partial charge in [0.05, 0.1) is 0 Å². The van der Waals surface area contributed by atoms with Crippen molar-refractivity contribution in [3.05, 3.63) is 47.5 Å². The van der Waals surface area contributed by atoms with Gasteiger partial charge in [0.25, 0.3) is 0 Å². The minimum Gasteiger partial charge on any atom is -0.385 e. The van der Waals surface area contributed by atoms with Gasteiger partial charge >= 0.3 is 0 Å². The van der Waals surface area contributed by atoms with Gasteiger partial charge < -0.3 is 5.11 Å². The number of rotatable bonds is 5. The van der Waals surface area contributed by atoms with E-state index in [0.29, 0.717) is 12.2 Å². The Kier molecular flexibility index (Phi) is 4.10. The highest BCUT2D eigenvalue weighted by Crippen LogP contribution is 2.17. The topological polar surface area (TPSA) is 50.9 Å². The normalized spacial score (nSPS) is 12.6. The van der Waals surface area contributed by atoms with Crippen LogP contribution in [0.25, 0.3) is 0 Å². The highest BCUT2D eigenvalue weighted by Gasteiger charge is 2.14. The molecule has 1 aromatic carbocycles. The quantitative estimate of drug-likeness (QED) is 0.879. The average Bonchev–Trinajstić information content (AvgIpc) is 2.84. The van der Waals surface area contributed by atoms with Gasteiger partial charge in [-0.05, 0) is 32.3 Å². The molecule has 1 unspecified atom stereocenters. The van der Waals surface area contributed by atoms with Crippen LogP contribution in [-0.4, -0.2) is 19.9 Å². The molecule has 1 atom stereocenters. The second-order valence-corrected chi connectivity index (χ2v) is 4.48. The Morgan fingerprint density at radius 3 is 2.94 bits per heavy atom. The number of aliphatic hydroxyl groups is 1. The van der Waals surface area contributed by atoms with Crippen LogP contribution in [0.3, 0.4) is 0 Å². The van der Waals surface area contributed by atoms with Crippen LogP contribution in [0.5, 0.6) is 0 Å². The second-order valence-electron chi connectivity index (χ2n) is 4.48. The van der Waals surface area contributed by atoms with E-state index in [1.54, 1.807) is 4.68 Å². The molecular weight excluding hydrogens is 226 g/mol. The van der Waals surface area contributed by atoms with E-state index in [1.165, 1.54) is 17.5 Å². The van der Waals surface area contributed by atoms with Crippen LogP contribution < -0.4 is 0 Å². The van der Waals surface area contributed by atoms with E-state index in [9.17, 15) is 5.11 Å². The molecule has 96 valence electrons. The van der Waals surface area contributed by atoms with Crippen LogP contribution in [0.4, 0.5) is 0 Å². The Morgan fingerprint density at radius 1 is 1.39 bits per heavy atom. The number of nitrogens with zero attached hydrogens (tertiary/aromatic N) is 3. The van der Waals surface area contributed by atoms with Gasteiger partial charge in [0.1, 0.15) is 12.4 Å². The molecule has 0 amide bonds. The van der Waals surface area contributed by atoms with Crippen molar-refractivity contribution in [1.82, 2.24) is 14.8 Å². The molecule has 2 aromatic rings. The molecule has 2 rings (SSSR count). The second kappa shape index (κ2) is 5.78. The van der Waals surface area contributed by atoms with Crippen molar-refractivity contribution < 1.29 is 5.11 Å². The molecule has 0 radical (unpaired) electrons. The van der Waals surface area contributed by atoms with Crippen LogP contribution in [0.1, 0.15) is 36.4 Å². The first-order valence-electron chi connectivity index (χ1n) is 6.32. The first-order valence-corrected chi connectivity index (χ1v) is 6.32. The first-order chi connectivity index (χ1) is 8.70. The number of hydrogen-bond donors (Lipinski definition) is 1. The Labute approximate surface area is 107 Å². The summed E-state index contributed by atoms with van der Waals surface area (Å²) in [6, 6.07) is 8.36. The number of aliphatic hydroxyl groups excluding tert-OH is 1. The molecular formula is C14H19N3O. The van der Waals surface area contributed by atoms with Crippen molar-refractivity contribution in [1.29, 1.82) is 0 Å². The summed E-state index contributed by atoms with van der Waals surface area (Å²) >= 11 is 0. The van der Waals surface area contributed by atoms with E-state index in [4.69, 9.17) is 0 Å². The van der Waals surface area contributed by atoms with Crippen molar-refractivity contribution in [2.45, 2.75) is 39.3 Å². The van der Waals surface area contributed by atoms with Crippen molar-refractivity contribution in [2.75, 3.05) is 0 Å². The summed E-state index contributed by atoms with van der Waals surface area (Å²) in [4.78, 5) is 4.12. The van der Waals surface area contributed by atoms with E-state index in [2.05, 4.69) is 35.2 Å². The lowest BCUT2D eigenvalue weighted by Gasteiger charge is -2.11. The van der Waals surface area contributed by atoms with Crippen molar-refractivity contribution in [2.24, 2.45) is 0 Å². The van der Waals surface area contributed by atoms with Gasteiger partial charge in [-0.1, -0.05) is 29.8 Å². The molecule has 4 nitrogen and oxygen atoms in total. The molecule has 0 aliphatic heterocycles. The molecule has 0 aliphatic rings. The zero-order chi connectivity index (χ0) is 13.0. The van der Waals surface area contributed by atoms with Crippen molar-refractivity contribution in [3.63, 3.8) is 0 Å². The molecule has 0 saturated heterocycles. The van der Waals surface area contributed by atoms with Crippen LogP contribution in [0.15, 0.2) is 30.6 Å². The molecule has 0 spiro atoms. The van der Waals surface area contributed by atoms with Crippen LogP contribution in [-0.2, 0) is 13.0 Å². The maximum absolute atomic E-state index is 10.1. The maximum atomic E-state index is 10.1. The van der Waals surface area contributed by atoms with Gasteiger partial charge in [-0.3, -0.25) is 0 Å². The third kappa shape index (κ3) is 2.96. The standard InChI is InChI=1S/C14H19N3O/c1-3-17-14(15-10-16-17)13(18)8-7-12-6-4-5-11(2)9-12/h4-6,9-10,13,18H,3,7-8H2,1-2H3. The van der Waals surface area contributed by atoms with Gasteiger partial charge in [-0.2, -0.15) is 5.10 Å². The third-order valence-corrected chi connectivity index (χ3v) is 3.03. The van der Waals surface area contributed by atoms with Crippen LogP contribution in [0, 0.1) is 6.92 Å². The minimum absolute atomic E-state index is 0.548. The fourth-order valence-corrected chi connectivity index (χ4v) is 2.07. The summed E-state index contributed by atoms with van der Waals surface area (Å²) in [7, 11) is 0. The lowest BCUT2D eigenvalue weighted by atomic mass is 10.0. The predicted octanol–water partition coefficient (Wildman–Crippen LogP) is 2.27. The zero-order valence-corrected chi connectivity index (χ0v) is 10.9. The molecule has 0 bridgehead atoms. The summed E-state index contributed by atoms with van der Waals surface area (Å²) in [6.45, 7) is 4.80. The molecule has 18 heavy (non-hydrogen) atoms. The SMILES string of the molecule is CCn1ncnc1C(O)CCc1cccc(C)c1. The predicted molar refractivity (Wildman–Crippen MR) is 70.2 cm³/mol. The summed E-state index contributed by atoms with van der Waals surface area (Å²) in [5, 5.41) is 14.2. The van der Waals surface area contributed by atoms with Gasteiger partial charge in [0.2, 0.25) is 0 Å². The summed E-state index contributed by atoms with van der Waals surface area (Å²) < 4.78 is 1.74. The van der Waals surface area contributed by atoms with Crippen molar-refractivity contribution in [3.8, 4) is 0 Å². The zero-order valence-electron chi connectivity index (χ0n) is 10.9. The third-order valence-electron chi connectivity index (χ3n) is 3.03. The van der Waals surface area contributed by atoms with Gasteiger partial charge in [0, 0.05) is 6.54 Å². The smallest absolute Gasteiger partial charge is 0.155 e. The summed E-state index contributed by atoms with van der Waals surface area (Å²) in [5.74, 6) is 0.658. The molecule has 1 aromatic heterocycles. The number of aryl methyl sites for hydroxylation is 3. The van der Waals surface area contributed by atoms with E-state index in [-0.39, 0.29) is 0 Å².